The second-order valence-corrected chi connectivity index (χ2v) is 17.0. The molecule has 3 heterocycles. The van der Waals surface area contributed by atoms with Gasteiger partial charge in [0.1, 0.15) is 66.8 Å². The minimum atomic E-state index is -1.71. The summed E-state index contributed by atoms with van der Waals surface area (Å²) in [6.45, 7) is 6.82. The number of hydrogen-bond donors (Lipinski definition) is 8. The molecule has 0 amide bonds. The summed E-state index contributed by atoms with van der Waals surface area (Å²) < 4.78 is 36.1. The van der Waals surface area contributed by atoms with Gasteiger partial charge in [-0.05, 0) is 82.0 Å². The molecule has 15 nitrogen and oxygen atoms in total. The van der Waals surface area contributed by atoms with Gasteiger partial charge < -0.3 is 69.3 Å². The third-order valence-electron chi connectivity index (χ3n) is 14.1. The summed E-state index contributed by atoms with van der Waals surface area (Å²) in [5.74, 6) is 1.74. The van der Waals surface area contributed by atoms with E-state index in [1.807, 2.05) is 0 Å². The fraction of sp³-hybridized carbons (Fsp3) is 0.919. The molecule has 0 spiro atoms. The summed E-state index contributed by atoms with van der Waals surface area (Å²) in [4.78, 5) is 12.9. The molecular formula is C37H58O15. The normalized spacial score (nSPS) is 55.3. The molecule has 3 saturated heterocycles. The van der Waals surface area contributed by atoms with Crippen LogP contribution in [-0.2, 0) is 33.2 Å². The van der Waals surface area contributed by atoms with Crippen LogP contribution in [0.15, 0.2) is 11.6 Å². The molecular weight excluding hydrogens is 684 g/mol. The molecule has 4 aliphatic carbocycles. The zero-order chi connectivity index (χ0) is 37.4. The van der Waals surface area contributed by atoms with Crippen molar-refractivity contribution in [3.8, 4) is 0 Å². The van der Waals surface area contributed by atoms with E-state index in [0.29, 0.717) is 42.8 Å². The van der Waals surface area contributed by atoms with Crippen molar-refractivity contribution in [1.29, 1.82) is 0 Å². The Bertz CT molecular complexity index is 1330. The average molecular weight is 743 g/mol. The maximum absolute atomic E-state index is 12.9. The number of ether oxygens (including phenoxy) is 6. The Labute approximate surface area is 303 Å². The minimum Gasteiger partial charge on any atom is -0.394 e. The van der Waals surface area contributed by atoms with Gasteiger partial charge in [0.15, 0.2) is 18.9 Å². The van der Waals surface area contributed by atoms with Crippen molar-refractivity contribution in [3.63, 3.8) is 0 Å². The largest absolute Gasteiger partial charge is 0.394 e. The average Bonchev–Trinajstić information content (AvgIpc) is 3.43. The fourth-order valence-corrected chi connectivity index (χ4v) is 10.7. The first-order valence-corrected chi connectivity index (χ1v) is 19.1. The lowest BCUT2D eigenvalue weighted by Crippen LogP contribution is -2.66. The van der Waals surface area contributed by atoms with Gasteiger partial charge in [-0.1, -0.05) is 25.5 Å². The highest BCUT2D eigenvalue weighted by atomic mass is 16.8. The van der Waals surface area contributed by atoms with Crippen LogP contribution >= 0.6 is 0 Å². The van der Waals surface area contributed by atoms with Crippen molar-refractivity contribution in [3.05, 3.63) is 11.6 Å². The van der Waals surface area contributed by atoms with Gasteiger partial charge in [0.2, 0.25) is 0 Å². The molecule has 3 aliphatic heterocycles. The summed E-state index contributed by atoms with van der Waals surface area (Å²) in [7, 11) is 0. The van der Waals surface area contributed by atoms with Gasteiger partial charge in [0, 0.05) is 11.8 Å². The van der Waals surface area contributed by atoms with Gasteiger partial charge in [-0.2, -0.15) is 0 Å². The molecule has 0 radical (unpaired) electrons. The summed E-state index contributed by atoms with van der Waals surface area (Å²) in [6.07, 6.45) is -13.0. The second-order valence-electron chi connectivity index (χ2n) is 17.0. The Balaban J connectivity index is 1.11. The molecule has 0 aromatic carbocycles. The van der Waals surface area contributed by atoms with Gasteiger partial charge in [-0.25, -0.2) is 0 Å². The van der Waals surface area contributed by atoms with Crippen LogP contribution in [0, 0.1) is 28.6 Å². The van der Waals surface area contributed by atoms with Crippen LogP contribution in [0.25, 0.3) is 0 Å². The van der Waals surface area contributed by atoms with E-state index in [0.717, 1.165) is 32.1 Å². The van der Waals surface area contributed by atoms with Crippen molar-refractivity contribution < 1.29 is 74.1 Å². The highest BCUT2D eigenvalue weighted by molar-refractivity contribution is 5.87. The van der Waals surface area contributed by atoms with Gasteiger partial charge in [0.25, 0.3) is 0 Å². The van der Waals surface area contributed by atoms with E-state index in [4.69, 9.17) is 28.4 Å². The van der Waals surface area contributed by atoms with E-state index in [-0.39, 0.29) is 16.9 Å². The van der Waals surface area contributed by atoms with E-state index < -0.39 is 98.7 Å². The maximum Gasteiger partial charge on any atom is 0.187 e. The van der Waals surface area contributed by atoms with Crippen LogP contribution in [0.5, 0.6) is 0 Å². The quantitative estimate of drug-likeness (QED) is 0.152. The standard InChI is InChI=1S/C37H58O15/c1-15-24(40)26(42)28(44)33(47-15)51-31-22(14-38)50-35(32(30(31)46)52-34-29(45)27(43)25(41)16(2)48-34)49-18-9-11-36(3)17(13-18)5-6-19-20-7-8-23(39)37(20,4)12-10-21(19)36/h5,15-16,18-22,24-35,38,40-46H,6-14H2,1-4H3/t15-,16-,18-,19-,20-,21-,22+,24-,25-,26+,27+,28+,29+,30-,31+,32+,33-,34-,35+,36-,37-/m0/s1. The zero-order valence-electron chi connectivity index (χ0n) is 30.3. The lowest BCUT2D eigenvalue weighted by molar-refractivity contribution is -0.388. The second kappa shape index (κ2) is 14.7. The lowest BCUT2D eigenvalue weighted by Gasteiger charge is -2.57. The molecule has 7 aliphatic rings. The smallest absolute Gasteiger partial charge is 0.187 e. The van der Waals surface area contributed by atoms with E-state index in [2.05, 4.69) is 19.9 Å². The Morgan fingerprint density at radius 1 is 0.692 bits per heavy atom. The van der Waals surface area contributed by atoms with Gasteiger partial charge in [-0.3, -0.25) is 4.79 Å². The summed E-state index contributed by atoms with van der Waals surface area (Å²) in [6, 6.07) is 0. The monoisotopic (exact) mass is 742 g/mol. The Morgan fingerprint density at radius 2 is 1.27 bits per heavy atom. The van der Waals surface area contributed by atoms with Crippen molar-refractivity contribution in [1.82, 2.24) is 0 Å². The van der Waals surface area contributed by atoms with Gasteiger partial charge >= 0.3 is 0 Å². The predicted octanol–water partition coefficient (Wildman–Crippen LogP) is -0.593. The van der Waals surface area contributed by atoms with Crippen molar-refractivity contribution in [2.75, 3.05) is 6.61 Å². The molecule has 21 atom stereocenters. The first-order valence-electron chi connectivity index (χ1n) is 19.1. The van der Waals surface area contributed by atoms with Gasteiger partial charge in [-0.15, -0.1) is 0 Å². The van der Waals surface area contributed by atoms with Crippen LogP contribution in [0.2, 0.25) is 0 Å². The lowest BCUT2D eigenvalue weighted by atomic mass is 9.48. The number of hydrogen-bond acceptors (Lipinski definition) is 15. The third kappa shape index (κ3) is 6.53. The highest BCUT2D eigenvalue weighted by Gasteiger charge is 2.59. The molecule has 296 valence electrons. The minimum absolute atomic E-state index is 0.0472. The molecule has 6 fully saturated rings. The molecule has 0 aromatic rings. The van der Waals surface area contributed by atoms with E-state index in [1.54, 1.807) is 0 Å². The number of allylic oxidation sites excluding steroid dienone is 1. The summed E-state index contributed by atoms with van der Waals surface area (Å²) in [5.41, 5.74) is 1.03. The number of aliphatic hydroxyl groups excluding tert-OH is 8. The Hall–Kier alpha value is -1.15. The van der Waals surface area contributed by atoms with Crippen molar-refractivity contribution >= 4 is 5.78 Å². The van der Waals surface area contributed by atoms with Gasteiger partial charge in [0.05, 0.1) is 24.9 Å². The number of ketones is 1. The number of rotatable bonds is 7. The number of carbonyl (C=O) groups is 1. The summed E-state index contributed by atoms with van der Waals surface area (Å²) >= 11 is 0. The number of aliphatic hydroxyl groups is 8. The van der Waals surface area contributed by atoms with Crippen LogP contribution in [0.3, 0.4) is 0 Å². The molecule has 52 heavy (non-hydrogen) atoms. The van der Waals surface area contributed by atoms with E-state index >= 15 is 0 Å². The molecule has 0 aromatic heterocycles. The Morgan fingerprint density at radius 3 is 1.88 bits per heavy atom. The van der Waals surface area contributed by atoms with Crippen LogP contribution in [0.4, 0.5) is 0 Å². The molecule has 8 N–H and O–H groups in total. The first kappa shape index (κ1) is 39.1. The van der Waals surface area contributed by atoms with Crippen molar-refractivity contribution in [2.45, 2.75) is 177 Å². The Kier molecular flexibility index (Phi) is 11.1. The summed E-state index contributed by atoms with van der Waals surface area (Å²) in [5, 5.41) is 85.0. The molecule has 0 unspecified atom stereocenters. The van der Waals surface area contributed by atoms with E-state index in [9.17, 15) is 45.6 Å². The number of fused-ring (bicyclic) bond motifs is 5. The van der Waals surface area contributed by atoms with Crippen LogP contribution in [-0.4, -0.2) is 151 Å². The SMILES string of the molecule is C[C@@H]1O[C@@H](O[C@H]2[C@H](O[C@H]3CC[C@@]4(C)C(=CC[C@@H]5[C@@H]4CC[C@]4(C)C(=O)CC[C@@H]54)C3)O[C@H](CO)[C@@H](O[C@@H]3O[C@@H](C)[C@H](O)[C@@H](O)[C@H]3O)[C@@H]2O)[C@H](O)[C@H](O)[C@H]1O. The highest BCUT2D eigenvalue weighted by Crippen LogP contribution is 2.64. The van der Waals surface area contributed by atoms with Crippen molar-refractivity contribution in [2.24, 2.45) is 28.6 Å². The topological polar surface area (TPSA) is 234 Å². The molecule has 3 saturated carbocycles. The fourth-order valence-electron chi connectivity index (χ4n) is 10.7. The zero-order valence-corrected chi connectivity index (χ0v) is 30.3. The number of carbonyl (C=O) groups excluding carboxylic acids is 1. The number of Topliss-reactive ketones (excluding diaryl/α,β-unsaturated/α-hetero) is 1. The maximum atomic E-state index is 12.9. The first-order chi connectivity index (χ1) is 24.6. The van der Waals surface area contributed by atoms with E-state index in [1.165, 1.54) is 19.4 Å². The molecule has 15 heteroatoms. The van der Waals surface area contributed by atoms with Crippen LogP contribution < -0.4 is 0 Å². The molecule has 0 bridgehead atoms. The molecule has 7 rings (SSSR count). The predicted molar refractivity (Wildman–Crippen MR) is 178 cm³/mol. The van der Waals surface area contributed by atoms with Crippen LogP contribution in [0.1, 0.15) is 79.1 Å². The third-order valence-corrected chi connectivity index (χ3v) is 14.1.